The van der Waals surface area contributed by atoms with Crippen molar-refractivity contribution in [1.29, 1.82) is 0 Å². The van der Waals surface area contributed by atoms with Crippen LogP contribution < -0.4 is 10.2 Å². The zero-order chi connectivity index (χ0) is 21.5. The van der Waals surface area contributed by atoms with Gasteiger partial charge in [0.2, 0.25) is 0 Å². The number of carbonyl (C=O) groups excluding carboxylic acids is 1. The van der Waals surface area contributed by atoms with Gasteiger partial charge in [-0.1, -0.05) is 49.6 Å². The number of hydrogen-bond donors (Lipinski definition) is 1. The molecule has 162 valence electrons. The van der Waals surface area contributed by atoms with Gasteiger partial charge >= 0.3 is 6.03 Å². The Kier molecular flexibility index (Phi) is 7.75. The van der Waals surface area contributed by atoms with Crippen LogP contribution in [0, 0.1) is 0 Å². The first-order chi connectivity index (χ1) is 14.4. The lowest BCUT2D eigenvalue weighted by Crippen LogP contribution is -2.34. The van der Waals surface area contributed by atoms with Crippen LogP contribution >= 0.6 is 0 Å². The van der Waals surface area contributed by atoms with E-state index in [2.05, 4.69) is 58.6 Å². The monoisotopic (exact) mass is 408 g/mol. The van der Waals surface area contributed by atoms with Crippen molar-refractivity contribution in [3.05, 3.63) is 59.7 Å². The molecule has 3 rings (SSSR count). The molecular formula is C25H36N4O. The Labute approximate surface area is 181 Å². The van der Waals surface area contributed by atoms with E-state index in [0.717, 1.165) is 23.5 Å². The Hall–Kier alpha value is -2.53. The van der Waals surface area contributed by atoms with E-state index in [1.54, 1.807) is 4.90 Å². The zero-order valence-electron chi connectivity index (χ0n) is 18.9. The summed E-state index contributed by atoms with van der Waals surface area (Å²) in [6.07, 6.45) is 6.57. The summed E-state index contributed by atoms with van der Waals surface area (Å²) in [5.74, 6) is 0. The van der Waals surface area contributed by atoms with Crippen LogP contribution in [-0.4, -0.2) is 50.1 Å². The van der Waals surface area contributed by atoms with Gasteiger partial charge < -0.3 is 15.1 Å². The summed E-state index contributed by atoms with van der Waals surface area (Å²) in [6, 6.07) is 17.0. The third-order valence-electron chi connectivity index (χ3n) is 6.10. The average molecular weight is 409 g/mol. The molecule has 0 spiro atoms. The van der Waals surface area contributed by atoms with Crippen LogP contribution in [0.15, 0.2) is 48.5 Å². The van der Waals surface area contributed by atoms with Crippen LogP contribution in [0.25, 0.3) is 0 Å². The van der Waals surface area contributed by atoms with Crippen molar-refractivity contribution in [3.8, 4) is 0 Å². The van der Waals surface area contributed by atoms with E-state index in [-0.39, 0.29) is 6.03 Å². The first-order valence-electron chi connectivity index (χ1n) is 11.0. The number of para-hydroxylation sites is 1. The molecule has 1 aliphatic carbocycles. The maximum Gasteiger partial charge on any atom is 0.321 e. The number of rotatable bonds is 7. The average Bonchev–Trinajstić information content (AvgIpc) is 2.76. The first kappa shape index (κ1) is 22.2. The SMILES string of the molecule is CN(Cc1ccc(N(C)C)cc1)C(=O)Nc1ccccc1CN(C)C1CCCCC1. The normalized spacial score (nSPS) is 14.6. The number of benzene rings is 2. The number of nitrogens with zero attached hydrogens (tertiary/aromatic N) is 3. The molecule has 2 aromatic rings. The topological polar surface area (TPSA) is 38.8 Å². The maximum absolute atomic E-state index is 12.8. The van der Waals surface area contributed by atoms with E-state index < -0.39 is 0 Å². The smallest absolute Gasteiger partial charge is 0.321 e. The molecule has 0 aliphatic heterocycles. The molecule has 0 atom stereocenters. The highest BCUT2D eigenvalue weighted by Gasteiger charge is 2.19. The summed E-state index contributed by atoms with van der Waals surface area (Å²) in [4.78, 5) is 19.1. The minimum Gasteiger partial charge on any atom is -0.378 e. The molecule has 5 heteroatoms. The van der Waals surface area contributed by atoms with Crippen molar-refractivity contribution in [2.45, 2.75) is 51.2 Å². The van der Waals surface area contributed by atoms with Crippen molar-refractivity contribution in [2.24, 2.45) is 0 Å². The Bertz CT molecular complexity index is 812. The van der Waals surface area contributed by atoms with Crippen LogP contribution in [0.5, 0.6) is 0 Å². The third kappa shape index (κ3) is 5.99. The molecule has 0 aromatic heterocycles. The van der Waals surface area contributed by atoms with Crippen LogP contribution in [0.1, 0.15) is 43.2 Å². The molecule has 5 nitrogen and oxygen atoms in total. The number of carbonyl (C=O) groups is 1. The molecule has 0 saturated heterocycles. The summed E-state index contributed by atoms with van der Waals surface area (Å²) in [5, 5.41) is 3.12. The van der Waals surface area contributed by atoms with Gasteiger partial charge in [0, 0.05) is 51.6 Å². The van der Waals surface area contributed by atoms with E-state index in [4.69, 9.17) is 0 Å². The fourth-order valence-electron chi connectivity index (χ4n) is 4.16. The molecule has 30 heavy (non-hydrogen) atoms. The van der Waals surface area contributed by atoms with Crippen LogP contribution in [-0.2, 0) is 13.1 Å². The van der Waals surface area contributed by atoms with Gasteiger partial charge in [-0.3, -0.25) is 4.90 Å². The summed E-state index contributed by atoms with van der Waals surface area (Å²) < 4.78 is 0. The Morgan fingerprint density at radius 1 is 0.900 bits per heavy atom. The predicted octanol–water partition coefficient (Wildman–Crippen LogP) is 5.18. The van der Waals surface area contributed by atoms with Gasteiger partial charge in [0.1, 0.15) is 0 Å². The highest BCUT2D eigenvalue weighted by molar-refractivity contribution is 5.90. The summed E-state index contributed by atoms with van der Waals surface area (Å²) in [6.45, 7) is 1.43. The second-order valence-electron chi connectivity index (χ2n) is 8.71. The van der Waals surface area contributed by atoms with Gasteiger partial charge in [-0.15, -0.1) is 0 Å². The number of hydrogen-bond acceptors (Lipinski definition) is 3. The van der Waals surface area contributed by atoms with Crippen LogP contribution in [0.2, 0.25) is 0 Å². The Morgan fingerprint density at radius 3 is 2.23 bits per heavy atom. The standard InChI is InChI=1S/C25H36N4O/c1-27(2)22-16-14-20(15-17-22)18-29(4)25(30)26-24-13-9-8-10-21(24)19-28(3)23-11-6-5-7-12-23/h8-10,13-17,23H,5-7,11-12,18-19H2,1-4H3,(H,26,30). The van der Waals surface area contributed by atoms with Gasteiger partial charge in [-0.05, 0) is 49.2 Å². The highest BCUT2D eigenvalue weighted by Crippen LogP contribution is 2.25. The van der Waals surface area contributed by atoms with E-state index >= 15 is 0 Å². The van der Waals surface area contributed by atoms with Gasteiger partial charge in [0.15, 0.2) is 0 Å². The zero-order valence-corrected chi connectivity index (χ0v) is 18.9. The van der Waals surface area contributed by atoms with Crippen LogP contribution in [0.4, 0.5) is 16.2 Å². The number of amides is 2. The largest absolute Gasteiger partial charge is 0.378 e. The summed E-state index contributed by atoms with van der Waals surface area (Å²) >= 11 is 0. The van der Waals surface area contributed by atoms with E-state index in [0.29, 0.717) is 12.6 Å². The Morgan fingerprint density at radius 2 is 1.57 bits per heavy atom. The van der Waals surface area contributed by atoms with Crippen molar-refractivity contribution in [2.75, 3.05) is 38.4 Å². The molecular weight excluding hydrogens is 372 g/mol. The van der Waals surface area contributed by atoms with E-state index in [9.17, 15) is 4.79 Å². The van der Waals surface area contributed by atoms with Crippen molar-refractivity contribution < 1.29 is 4.79 Å². The number of anilines is 2. The molecule has 2 amide bonds. The minimum atomic E-state index is -0.0838. The summed E-state index contributed by atoms with van der Waals surface area (Å²) in [7, 11) is 8.10. The van der Waals surface area contributed by atoms with Crippen molar-refractivity contribution >= 4 is 17.4 Å². The molecule has 0 heterocycles. The van der Waals surface area contributed by atoms with Crippen molar-refractivity contribution in [1.82, 2.24) is 9.80 Å². The first-order valence-corrected chi connectivity index (χ1v) is 11.0. The fourth-order valence-corrected chi connectivity index (χ4v) is 4.16. The van der Waals surface area contributed by atoms with Gasteiger partial charge in [0.05, 0.1) is 0 Å². The van der Waals surface area contributed by atoms with Crippen molar-refractivity contribution in [3.63, 3.8) is 0 Å². The minimum absolute atomic E-state index is 0.0838. The highest BCUT2D eigenvalue weighted by atomic mass is 16.2. The predicted molar refractivity (Wildman–Crippen MR) is 126 cm³/mol. The molecule has 1 fully saturated rings. The van der Waals surface area contributed by atoms with Gasteiger partial charge in [0.25, 0.3) is 0 Å². The van der Waals surface area contributed by atoms with Crippen LogP contribution in [0.3, 0.4) is 0 Å². The molecule has 0 radical (unpaired) electrons. The lowest BCUT2D eigenvalue weighted by Gasteiger charge is -2.31. The molecule has 0 bridgehead atoms. The van der Waals surface area contributed by atoms with Gasteiger partial charge in [-0.25, -0.2) is 4.79 Å². The molecule has 1 N–H and O–H groups in total. The molecule has 1 aliphatic rings. The van der Waals surface area contributed by atoms with E-state index in [1.807, 2.05) is 33.3 Å². The lowest BCUT2D eigenvalue weighted by atomic mass is 9.94. The maximum atomic E-state index is 12.8. The molecule has 1 saturated carbocycles. The number of urea groups is 1. The van der Waals surface area contributed by atoms with E-state index in [1.165, 1.54) is 37.7 Å². The third-order valence-corrected chi connectivity index (χ3v) is 6.10. The van der Waals surface area contributed by atoms with Gasteiger partial charge in [-0.2, -0.15) is 0 Å². The number of nitrogens with one attached hydrogen (secondary N) is 1. The molecule has 0 unspecified atom stereocenters. The Balaban J connectivity index is 1.60. The fraction of sp³-hybridized carbons (Fsp3) is 0.480. The lowest BCUT2D eigenvalue weighted by molar-refractivity contribution is 0.185. The quantitative estimate of drug-likeness (QED) is 0.686. The second-order valence-corrected chi connectivity index (χ2v) is 8.71. The molecule has 2 aromatic carbocycles. The second kappa shape index (κ2) is 10.5. The summed E-state index contributed by atoms with van der Waals surface area (Å²) in [5.41, 5.74) is 4.34.